The number of aromatic nitrogens is 2. The molecule has 1 aliphatic carbocycles. The Bertz CT molecular complexity index is 690. The minimum Gasteiger partial charge on any atom is -0.481 e. The SMILES string of the molecule is O=C(O)C1CC(C(=O)O)CC(C(=O)O)C1.c1cc(-c2ccncc2)ccn1. The third kappa shape index (κ3) is 5.88. The molecule has 1 saturated carbocycles. The van der Waals surface area contributed by atoms with E-state index in [1.54, 1.807) is 24.8 Å². The van der Waals surface area contributed by atoms with Crippen LogP contribution in [0.2, 0.25) is 0 Å². The first-order valence-corrected chi connectivity index (χ1v) is 8.37. The summed E-state index contributed by atoms with van der Waals surface area (Å²) in [5.74, 6) is -5.94. The fourth-order valence-corrected chi connectivity index (χ4v) is 3.01. The van der Waals surface area contributed by atoms with Gasteiger partial charge in [0.15, 0.2) is 0 Å². The van der Waals surface area contributed by atoms with Gasteiger partial charge in [-0.25, -0.2) is 0 Å². The quantitative estimate of drug-likeness (QED) is 0.744. The van der Waals surface area contributed by atoms with Crippen molar-refractivity contribution in [3.8, 4) is 11.1 Å². The monoisotopic (exact) mass is 372 g/mol. The Labute approximate surface area is 155 Å². The van der Waals surface area contributed by atoms with E-state index in [-0.39, 0.29) is 19.3 Å². The molecule has 2 heterocycles. The smallest absolute Gasteiger partial charge is 0.306 e. The molecule has 0 amide bonds. The highest BCUT2D eigenvalue weighted by Gasteiger charge is 2.38. The van der Waals surface area contributed by atoms with Gasteiger partial charge in [0, 0.05) is 24.8 Å². The second kappa shape index (κ2) is 9.42. The van der Waals surface area contributed by atoms with Gasteiger partial charge in [0.1, 0.15) is 0 Å². The van der Waals surface area contributed by atoms with Gasteiger partial charge in [0.25, 0.3) is 0 Å². The molecule has 0 spiro atoms. The van der Waals surface area contributed by atoms with Crippen LogP contribution >= 0.6 is 0 Å². The van der Waals surface area contributed by atoms with Crippen molar-refractivity contribution in [1.82, 2.24) is 9.97 Å². The van der Waals surface area contributed by atoms with Crippen LogP contribution in [0.15, 0.2) is 49.1 Å². The fourth-order valence-electron chi connectivity index (χ4n) is 3.01. The highest BCUT2D eigenvalue weighted by atomic mass is 16.4. The van der Waals surface area contributed by atoms with Crippen LogP contribution in [0.25, 0.3) is 11.1 Å². The molecule has 8 nitrogen and oxygen atoms in total. The van der Waals surface area contributed by atoms with Gasteiger partial charge in [-0.05, 0) is 54.7 Å². The van der Waals surface area contributed by atoms with Gasteiger partial charge in [0.2, 0.25) is 0 Å². The lowest BCUT2D eigenvalue weighted by atomic mass is 9.75. The molecule has 8 heteroatoms. The van der Waals surface area contributed by atoms with Gasteiger partial charge in [-0.3, -0.25) is 24.4 Å². The van der Waals surface area contributed by atoms with Crippen molar-refractivity contribution in [3.05, 3.63) is 49.1 Å². The second-order valence-electron chi connectivity index (χ2n) is 6.28. The molecule has 3 N–H and O–H groups in total. The number of rotatable bonds is 4. The van der Waals surface area contributed by atoms with Crippen LogP contribution in [0.3, 0.4) is 0 Å². The van der Waals surface area contributed by atoms with E-state index in [1.165, 1.54) is 11.1 Å². The first-order valence-electron chi connectivity index (χ1n) is 8.37. The predicted octanol–water partition coefficient (Wildman–Crippen LogP) is 2.42. The molecule has 0 aromatic carbocycles. The maximum atomic E-state index is 10.7. The molecule has 0 atom stereocenters. The highest BCUT2D eigenvalue weighted by molar-refractivity contribution is 5.78. The summed E-state index contributed by atoms with van der Waals surface area (Å²) in [6, 6.07) is 7.93. The normalized spacial score (nSPS) is 21.4. The van der Waals surface area contributed by atoms with Crippen molar-refractivity contribution >= 4 is 17.9 Å². The summed E-state index contributed by atoms with van der Waals surface area (Å²) in [5, 5.41) is 26.3. The molecule has 2 aromatic heterocycles. The second-order valence-corrected chi connectivity index (χ2v) is 6.28. The Morgan fingerprint density at radius 1 is 0.630 bits per heavy atom. The number of carboxylic acids is 3. The minimum absolute atomic E-state index is 0.0223. The zero-order chi connectivity index (χ0) is 19.8. The number of hydrogen-bond donors (Lipinski definition) is 3. The van der Waals surface area contributed by atoms with Crippen molar-refractivity contribution in [3.63, 3.8) is 0 Å². The summed E-state index contributed by atoms with van der Waals surface area (Å²) in [6.45, 7) is 0. The Morgan fingerprint density at radius 2 is 0.889 bits per heavy atom. The molecule has 0 unspecified atom stereocenters. The van der Waals surface area contributed by atoms with E-state index in [2.05, 4.69) is 9.97 Å². The third-order valence-corrected chi connectivity index (χ3v) is 4.45. The van der Waals surface area contributed by atoms with Crippen LogP contribution in [-0.2, 0) is 14.4 Å². The zero-order valence-corrected chi connectivity index (χ0v) is 14.4. The number of aliphatic carboxylic acids is 3. The first kappa shape index (κ1) is 20.0. The van der Waals surface area contributed by atoms with E-state index in [9.17, 15) is 14.4 Å². The van der Waals surface area contributed by atoms with E-state index in [0.717, 1.165) is 0 Å². The van der Waals surface area contributed by atoms with Gasteiger partial charge >= 0.3 is 17.9 Å². The lowest BCUT2D eigenvalue weighted by Gasteiger charge is -2.28. The lowest BCUT2D eigenvalue weighted by molar-refractivity contribution is -0.153. The van der Waals surface area contributed by atoms with Crippen LogP contribution in [0.4, 0.5) is 0 Å². The third-order valence-electron chi connectivity index (χ3n) is 4.45. The summed E-state index contributed by atoms with van der Waals surface area (Å²) in [6.07, 6.45) is 7.22. The molecule has 0 bridgehead atoms. The largest absolute Gasteiger partial charge is 0.481 e. The molecule has 142 valence electrons. The van der Waals surface area contributed by atoms with Crippen molar-refractivity contribution < 1.29 is 29.7 Å². The summed E-state index contributed by atoms with van der Waals surface area (Å²) in [5.41, 5.74) is 2.35. The molecule has 3 rings (SSSR count). The van der Waals surface area contributed by atoms with Gasteiger partial charge < -0.3 is 15.3 Å². The molecular weight excluding hydrogens is 352 g/mol. The Balaban J connectivity index is 0.000000198. The summed E-state index contributed by atoms with van der Waals surface area (Å²) in [7, 11) is 0. The number of pyridine rings is 2. The molecule has 2 aromatic rings. The molecule has 0 radical (unpaired) electrons. The van der Waals surface area contributed by atoms with Gasteiger partial charge in [-0.15, -0.1) is 0 Å². The molecular formula is C19H20N2O6. The van der Waals surface area contributed by atoms with Gasteiger partial charge in [-0.2, -0.15) is 0 Å². The molecule has 1 fully saturated rings. The Kier molecular flexibility index (Phi) is 6.99. The van der Waals surface area contributed by atoms with E-state index in [4.69, 9.17) is 15.3 Å². The average molecular weight is 372 g/mol. The van der Waals surface area contributed by atoms with Crippen molar-refractivity contribution in [2.45, 2.75) is 19.3 Å². The number of carbonyl (C=O) groups is 3. The Morgan fingerprint density at radius 3 is 1.11 bits per heavy atom. The highest BCUT2D eigenvalue weighted by Crippen LogP contribution is 2.33. The number of carboxylic acid groups (broad SMARTS) is 3. The van der Waals surface area contributed by atoms with Gasteiger partial charge in [-0.1, -0.05) is 0 Å². The lowest BCUT2D eigenvalue weighted by Crippen LogP contribution is -2.34. The summed E-state index contributed by atoms with van der Waals surface area (Å²) >= 11 is 0. The Hall–Kier alpha value is -3.29. The number of nitrogens with zero attached hydrogens (tertiary/aromatic N) is 2. The van der Waals surface area contributed by atoms with Crippen LogP contribution in [-0.4, -0.2) is 43.2 Å². The molecule has 1 aliphatic rings. The minimum atomic E-state index is -1.12. The molecule has 0 saturated heterocycles. The van der Waals surface area contributed by atoms with Crippen molar-refractivity contribution in [2.24, 2.45) is 17.8 Å². The first-order chi connectivity index (χ1) is 12.9. The average Bonchev–Trinajstić information content (AvgIpc) is 2.69. The fraction of sp³-hybridized carbons (Fsp3) is 0.316. The predicted molar refractivity (Wildman–Crippen MR) is 94.7 cm³/mol. The maximum Gasteiger partial charge on any atom is 0.306 e. The summed E-state index contributed by atoms with van der Waals surface area (Å²) < 4.78 is 0. The van der Waals surface area contributed by atoms with E-state index in [1.807, 2.05) is 24.3 Å². The van der Waals surface area contributed by atoms with E-state index >= 15 is 0 Å². The van der Waals surface area contributed by atoms with Crippen molar-refractivity contribution in [1.29, 1.82) is 0 Å². The topological polar surface area (TPSA) is 138 Å². The number of hydrogen-bond acceptors (Lipinski definition) is 5. The summed E-state index contributed by atoms with van der Waals surface area (Å²) in [4.78, 5) is 40.0. The zero-order valence-electron chi connectivity index (χ0n) is 14.4. The molecule has 27 heavy (non-hydrogen) atoms. The van der Waals surface area contributed by atoms with Crippen LogP contribution in [0.5, 0.6) is 0 Å². The van der Waals surface area contributed by atoms with Crippen LogP contribution < -0.4 is 0 Å². The van der Waals surface area contributed by atoms with E-state index in [0.29, 0.717) is 0 Å². The van der Waals surface area contributed by atoms with Gasteiger partial charge in [0.05, 0.1) is 17.8 Å². The maximum absolute atomic E-state index is 10.7. The van der Waals surface area contributed by atoms with Crippen LogP contribution in [0.1, 0.15) is 19.3 Å². The standard InChI is InChI=1S/C10H8N2.C9H12O6/c1-5-11-6-2-9(1)10-3-7-12-8-4-10;10-7(11)4-1-5(8(12)13)3-6(2-4)9(14)15/h1-8H;4-6H,1-3H2,(H,10,11)(H,12,13)(H,14,15). The van der Waals surface area contributed by atoms with Crippen molar-refractivity contribution in [2.75, 3.05) is 0 Å². The van der Waals surface area contributed by atoms with E-state index < -0.39 is 35.7 Å². The molecule has 0 aliphatic heterocycles. The van der Waals surface area contributed by atoms with Crippen LogP contribution in [0, 0.1) is 17.8 Å².